The second-order valence-electron chi connectivity index (χ2n) is 6.94. The van der Waals surface area contributed by atoms with Gasteiger partial charge >= 0.3 is 0 Å². The van der Waals surface area contributed by atoms with E-state index in [4.69, 9.17) is 0 Å². The molecule has 0 saturated heterocycles. The molecule has 1 amide bonds. The van der Waals surface area contributed by atoms with Gasteiger partial charge in [-0.2, -0.15) is 0 Å². The van der Waals surface area contributed by atoms with Gasteiger partial charge in [-0.05, 0) is 54.7 Å². The van der Waals surface area contributed by atoms with E-state index in [1.165, 1.54) is 12.1 Å². The van der Waals surface area contributed by atoms with E-state index in [9.17, 15) is 13.2 Å². The van der Waals surface area contributed by atoms with Crippen molar-refractivity contribution in [2.75, 3.05) is 20.1 Å². The molecule has 1 aromatic carbocycles. The van der Waals surface area contributed by atoms with Crippen molar-refractivity contribution in [1.82, 2.24) is 14.6 Å². The fraction of sp³-hybridized carbons (Fsp3) is 0.400. The van der Waals surface area contributed by atoms with E-state index in [1.54, 1.807) is 36.5 Å². The van der Waals surface area contributed by atoms with Crippen molar-refractivity contribution in [3.05, 3.63) is 59.9 Å². The Morgan fingerprint density at radius 3 is 2.56 bits per heavy atom. The highest BCUT2D eigenvalue weighted by Crippen LogP contribution is 2.14. The minimum absolute atomic E-state index is 0.111. The van der Waals surface area contributed by atoms with Gasteiger partial charge in [0.1, 0.15) is 0 Å². The average Bonchev–Trinajstić information content (AvgIpc) is 2.66. The summed E-state index contributed by atoms with van der Waals surface area (Å²) in [6, 6.07) is 10.00. The first-order valence-electron chi connectivity index (χ1n) is 9.03. The topological polar surface area (TPSA) is 79.4 Å². The number of carbonyl (C=O) groups is 1. The van der Waals surface area contributed by atoms with E-state index >= 15 is 0 Å². The van der Waals surface area contributed by atoms with Crippen LogP contribution in [0.15, 0.2) is 53.7 Å². The van der Waals surface area contributed by atoms with Gasteiger partial charge < -0.3 is 4.90 Å². The van der Waals surface area contributed by atoms with Crippen LogP contribution in [0.4, 0.5) is 0 Å². The van der Waals surface area contributed by atoms with Gasteiger partial charge in [-0.1, -0.05) is 19.9 Å². The van der Waals surface area contributed by atoms with Crippen molar-refractivity contribution in [2.24, 2.45) is 5.92 Å². The highest BCUT2D eigenvalue weighted by molar-refractivity contribution is 7.89. The van der Waals surface area contributed by atoms with Crippen LogP contribution in [0.25, 0.3) is 0 Å². The summed E-state index contributed by atoms with van der Waals surface area (Å²) in [7, 11) is -1.91. The van der Waals surface area contributed by atoms with Gasteiger partial charge in [0.2, 0.25) is 10.0 Å². The number of hydrogen-bond donors (Lipinski definition) is 1. The standard InChI is InChI=1S/C20H27N3O3S/c1-16(2)7-13-22-27(25,26)19-6-4-5-18(15-19)20(24)23(3)14-10-17-8-11-21-12-9-17/h4-6,8-9,11-12,15-16,22H,7,10,13-14H2,1-3H3. The molecule has 0 spiro atoms. The average molecular weight is 390 g/mol. The van der Waals surface area contributed by atoms with Crippen LogP contribution in [0.1, 0.15) is 36.2 Å². The fourth-order valence-corrected chi connectivity index (χ4v) is 3.62. The minimum atomic E-state index is -3.62. The van der Waals surface area contributed by atoms with Crippen molar-refractivity contribution < 1.29 is 13.2 Å². The Morgan fingerprint density at radius 2 is 1.89 bits per heavy atom. The summed E-state index contributed by atoms with van der Waals surface area (Å²) < 4.78 is 27.4. The minimum Gasteiger partial charge on any atom is -0.341 e. The van der Waals surface area contributed by atoms with Crippen molar-refractivity contribution in [1.29, 1.82) is 0 Å². The first-order chi connectivity index (χ1) is 12.8. The molecule has 0 bridgehead atoms. The predicted octanol–water partition coefficient (Wildman–Crippen LogP) is 2.72. The van der Waals surface area contributed by atoms with E-state index in [0.29, 0.717) is 31.0 Å². The maximum absolute atomic E-state index is 12.6. The lowest BCUT2D eigenvalue weighted by molar-refractivity contribution is 0.0796. The number of benzene rings is 1. The molecule has 0 radical (unpaired) electrons. The third kappa shape index (κ3) is 6.45. The number of pyridine rings is 1. The van der Waals surface area contributed by atoms with Gasteiger partial charge in [-0.15, -0.1) is 0 Å². The summed E-state index contributed by atoms with van der Waals surface area (Å²) in [5.74, 6) is 0.206. The number of nitrogens with one attached hydrogen (secondary N) is 1. The highest BCUT2D eigenvalue weighted by atomic mass is 32.2. The third-order valence-electron chi connectivity index (χ3n) is 4.24. The molecule has 2 rings (SSSR count). The molecule has 0 fully saturated rings. The first-order valence-corrected chi connectivity index (χ1v) is 10.5. The van der Waals surface area contributed by atoms with Crippen LogP contribution in [-0.4, -0.2) is 44.3 Å². The molecule has 0 atom stereocenters. The van der Waals surface area contributed by atoms with Gasteiger partial charge in [0, 0.05) is 38.1 Å². The monoisotopic (exact) mass is 389 g/mol. The molecule has 7 heteroatoms. The molecular formula is C20H27N3O3S. The van der Waals surface area contributed by atoms with Crippen LogP contribution in [0, 0.1) is 5.92 Å². The fourth-order valence-electron chi connectivity index (χ4n) is 2.53. The molecule has 0 saturated carbocycles. The molecule has 2 aromatic rings. The lowest BCUT2D eigenvalue weighted by Crippen LogP contribution is -2.29. The van der Waals surface area contributed by atoms with Gasteiger partial charge in [0.25, 0.3) is 5.91 Å². The van der Waals surface area contributed by atoms with Crippen molar-refractivity contribution in [3.63, 3.8) is 0 Å². The second kappa shape index (κ2) is 9.62. The number of likely N-dealkylation sites (N-methyl/N-ethyl adjacent to an activating group) is 1. The second-order valence-corrected chi connectivity index (χ2v) is 8.71. The summed E-state index contributed by atoms with van der Waals surface area (Å²) in [6.45, 7) is 4.99. The number of hydrogen-bond acceptors (Lipinski definition) is 4. The number of aromatic nitrogens is 1. The number of sulfonamides is 1. The largest absolute Gasteiger partial charge is 0.341 e. The number of rotatable bonds is 9. The molecule has 0 unspecified atom stereocenters. The van der Waals surface area contributed by atoms with Crippen molar-refractivity contribution in [2.45, 2.75) is 31.6 Å². The van der Waals surface area contributed by atoms with E-state index in [1.807, 2.05) is 26.0 Å². The maximum atomic E-state index is 12.6. The number of amides is 1. The Balaban J connectivity index is 2.03. The van der Waals surface area contributed by atoms with Crippen molar-refractivity contribution in [3.8, 4) is 0 Å². The number of nitrogens with zero attached hydrogens (tertiary/aromatic N) is 2. The summed E-state index contributed by atoms with van der Waals surface area (Å²) >= 11 is 0. The van der Waals surface area contributed by atoms with Gasteiger partial charge in [0.15, 0.2) is 0 Å². The van der Waals surface area contributed by atoms with E-state index in [-0.39, 0.29) is 10.8 Å². The zero-order valence-corrected chi connectivity index (χ0v) is 16.9. The Bertz CT molecular complexity index is 852. The van der Waals surface area contributed by atoms with Gasteiger partial charge in [-0.3, -0.25) is 9.78 Å². The first kappa shape index (κ1) is 21.1. The van der Waals surface area contributed by atoms with Crippen LogP contribution in [0.2, 0.25) is 0 Å². The van der Waals surface area contributed by atoms with E-state index < -0.39 is 10.0 Å². The Morgan fingerprint density at radius 1 is 1.19 bits per heavy atom. The van der Waals surface area contributed by atoms with Gasteiger partial charge in [-0.25, -0.2) is 13.1 Å². The molecule has 1 aromatic heterocycles. The van der Waals surface area contributed by atoms with Crippen LogP contribution in [-0.2, 0) is 16.4 Å². The molecule has 1 heterocycles. The molecule has 1 N–H and O–H groups in total. The smallest absolute Gasteiger partial charge is 0.253 e. The van der Waals surface area contributed by atoms with Crippen LogP contribution in [0.3, 0.4) is 0 Å². The zero-order chi connectivity index (χ0) is 19.9. The summed E-state index contributed by atoms with van der Waals surface area (Å²) in [4.78, 5) is 18.3. The molecule has 0 aliphatic carbocycles. The van der Waals surface area contributed by atoms with Gasteiger partial charge in [0.05, 0.1) is 4.90 Å². The maximum Gasteiger partial charge on any atom is 0.253 e. The SMILES string of the molecule is CC(C)CCNS(=O)(=O)c1cccc(C(=O)N(C)CCc2ccncc2)c1. The predicted molar refractivity (Wildman–Crippen MR) is 106 cm³/mol. The van der Waals surface area contributed by atoms with E-state index in [0.717, 1.165) is 12.0 Å². The lowest BCUT2D eigenvalue weighted by atomic mass is 10.1. The lowest BCUT2D eigenvalue weighted by Gasteiger charge is -2.18. The highest BCUT2D eigenvalue weighted by Gasteiger charge is 2.18. The Hall–Kier alpha value is -2.25. The summed E-state index contributed by atoms with van der Waals surface area (Å²) in [6.07, 6.45) is 4.91. The summed E-state index contributed by atoms with van der Waals surface area (Å²) in [5.41, 5.74) is 1.45. The van der Waals surface area contributed by atoms with Crippen LogP contribution in [0.5, 0.6) is 0 Å². The quantitative estimate of drug-likeness (QED) is 0.715. The molecule has 0 aliphatic rings. The Labute approximate surface area is 161 Å². The van der Waals surface area contributed by atoms with E-state index in [2.05, 4.69) is 9.71 Å². The zero-order valence-electron chi connectivity index (χ0n) is 16.1. The third-order valence-corrected chi connectivity index (χ3v) is 5.70. The molecule has 0 aliphatic heterocycles. The van der Waals surface area contributed by atoms with Crippen molar-refractivity contribution >= 4 is 15.9 Å². The molecule has 27 heavy (non-hydrogen) atoms. The van der Waals surface area contributed by atoms with Crippen LogP contribution >= 0.6 is 0 Å². The summed E-state index contributed by atoms with van der Waals surface area (Å²) in [5, 5.41) is 0. The molecular weight excluding hydrogens is 362 g/mol. The van der Waals surface area contributed by atoms with Crippen LogP contribution < -0.4 is 4.72 Å². The Kier molecular flexibility index (Phi) is 7.50. The molecule has 146 valence electrons. The normalized spacial score (nSPS) is 11.6. The number of carbonyl (C=O) groups excluding carboxylic acids is 1. The molecule has 6 nitrogen and oxygen atoms in total.